The van der Waals surface area contributed by atoms with Crippen LogP contribution < -0.4 is 10.6 Å². The van der Waals surface area contributed by atoms with Gasteiger partial charge in [-0.25, -0.2) is 4.98 Å². The maximum atomic E-state index is 6.16. The van der Waals surface area contributed by atoms with E-state index in [1.807, 2.05) is 0 Å². The Balaban J connectivity index is 2.30. The molecular formula is C14H13Cl4N3. The van der Waals surface area contributed by atoms with Crippen molar-refractivity contribution in [1.82, 2.24) is 4.98 Å². The van der Waals surface area contributed by atoms with Crippen LogP contribution >= 0.6 is 46.4 Å². The topological polar surface area (TPSA) is 37.0 Å². The first-order valence-corrected chi connectivity index (χ1v) is 7.84. The van der Waals surface area contributed by atoms with Crippen molar-refractivity contribution in [2.75, 3.05) is 17.2 Å². The summed E-state index contributed by atoms with van der Waals surface area (Å²) in [6.45, 7) is 2.83. The minimum atomic E-state index is 0.415. The molecule has 0 aliphatic rings. The van der Waals surface area contributed by atoms with E-state index in [-0.39, 0.29) is 0 Å². The van der Waals surface area contributed by atoms with Gasteiger partial charge in [0.2, 0.25) is 0 Å². The zero-order chi connectivity index (χ0) is 15.4. The molecule has 112 valence electrons. The van der Waals surface area contributed by atoms with E-state index >= 15 is 0 Å². The summed E-state index contributed by atoms with van der Waals surface area (Å²) in [4.78, 5) is 4.39. The molecule has 7 heteroatoms. The van der Waals surface area contributed by atoms with E-state index in [4.69, 9.17) is 46.4 Å². The van der Waals surface area contributed by atoms with Crippen LogP contribution in [-0.4, -0.2) is 11.5 Å². The Labute approximate surface area is 143 Å². The molecule has 0 aliphatic carbocycles. The SMILES string of the molecule is CCCNc1nc(Nc2cc(Cl)cc(Cl)c2)c(Cl)cc1Cl. The first-order chi connectivity index (χ1) is 9.99. The fourth-order valence-electron chi connectivity index (χ4n) is 1.68. The number of hydrogen-bond donors (Lipinski definition) is 2. The number of rotatable bonds is 5. The van der Waals surface area contributed by atoms with Gasteiger partial charge in [-0.3, -0.25) is 0 Å². The van der Waals surface area contributed by atoms with Crippen LogP contribution in [0, 0.1) is 0 Å². The number of aromatic nitrogens is 1. The predicted octanol–water partition coefficient (Wildman–Crippen LogP) is 6.26. The summed E-state index contributed by atoms with van der Waals surface area (Å²) < 4.78 is 0. The second-order valence-corrected chi connectivity index (χ2v) is 6.05. The van der Waals surface area contributed by atoms with E-state index in [2.05, 4.69) is 22.5 Å². The molecule has 0 bridgehead atoms. The Morgan fingerprint density at radius 1 is 0.905 bits per heavy atom. The highest BCUT2D eigenvalue weighted by molar-refractivity contribution is 6.37. The first kappa shape index (κ1) is 16.5. The zero-order valence-electron chi connectivity index (χ0n) is 11.2. The van der Waals surface area contributed by atoms with Gasteiger partial charge in [-0.05, 0) is 30.7 Å². The summed E-state index contributed by atoms with van der Waals surface area (Å²) in [6.07, 6.45) is 0.966. The van der Waals surface area contributed by atoms with Gasteiger partial charge in [-0.15, -0.1) is 0 Å². The predicted molar refractivity (Wildman–Crippen MR) is 92.8 cm³/mol. The molecule has 2 rings (SSSR count). The van der Waals surface area contributed by atoms with Crippen LogP contribution in [0.1, 0.15) is 13.3 Å². The monoisotopic (exact) mass is 363 g/mol. The molecule has 0 spiro atoms. The summed E-state index contributed by atoms with van der Waals surface area (Å²) in [7, 11) is 0. The molecule has 0 saturated heterocycles. The largest absolute Gasteiger partial charge is 0.369 e. The Morgan fingerprint density at radius 2 is 1.52 bits per heavy atom. The molecule has 1 aromatic carbocycles. The van der Waals surface area contributed by atoms with Crippen LogP contribution in [0.5, 0.6) is 0 Å². The van der Waals surface area contributed by atoms with E-state index in [9.17, 15) is 0 Å². The molecule has 0 unspecified atom stereocenters. The summed E-state index contributed by atoms with van der Waals surface area (Å²) in [5.41, 5.74) is 0.700. The maximum absolute atomic E-state index is 6.16. The highest BCUT2D eigenvalue weighted by Crippen LogP contribution is 2.32. The van der Waals surface area contributed by atoms with Gasteiger partial charge in [0.1, 0.15) is 5.82 Å². The Kier molecular flexibility index (Phi) is 5.82. The van der Waals surface area contributed by atoms with Crippen molar-refractivity contribution in [3.8, 4) is 0 Å². The van der Waals surface area contributed by atoms with E-state index in [0.717, 1.165) is 13.0 Å². The second kappa shape index (κ2) is 7.41. The average Bonchev–Trinajstić information content (AvgIpc) is 2.39. The third kappa shape index (κ3) is 4.55. The number of nitrogens with one attached hydrogen (secondary N) is 2. The quantitative estimate of drug-likeness (QED) is 0.657. The molecule has 0 radical (unpaired) electrons. The van der Waals surface area contributed by atoms with Crippen molar-refractivity contribution in [1.29, 1.82) is 0 Å². The number of halogens is 4. The Hall–Kier alpha value is -0.870. The summed E-state index contributed by atoms with van der Waals surface area (Å²) in [5.74, 6) is 1.07. The fourth-order valence-corrected chi connectivity index (χ4v) is 2.68. The van der Waals surface area contributed by atoms with Crippen molar-refractivity contribution in [2.24, 2.45) is 0 Å². The molecule has 0 aliphatic heterocycles. The molecule has 21 heavy (non-hydrogen) atoms. The van der Waals surface area contributed by atoms with Crippen LogP contribution in [0.4, 0.5) is 17.3 Å². The van der Waals surface area contributed by atoms with Gasteiger partial charge in [0.15, 0.2) is 5.82 Å². The smallest absolute Gasteiger partial charge is 0.151 e. The van der Waals surface area contributed by atoms with E-state index in [1.165, 1.54) is 0 Å². The van der Waals surface area contributed by atoms with Crippen molar-refractivity contribution < 1.29 is 0 Å². The van der Waals surface area contributed by atoms with E-state index in [0.29, 0.717) is 37.4 Å². The summed E-state index contributed by atoms with van der Waals surface area (Å²) in [5, 5.41) is 8.18. The van der Waals surface area contributed by atoms with Gasteiger partial charge in [-0.2, -0.15) is 0 Å². The zero-order valence-corrected chi connectivity index (χ0v) is 14.2. The van der Waals surface area contributed by atoms with Gasteiger partial charge < -0.3 is 10.6 Å². The van der Waals surface area contributed by atoms with Crippen LogP contribution in [0.15, 0.2) is 24.3 Å². The van der Waals surface area contributed by atoms with E-state index < -0.39 is 0 Å². The second-order valence-electron chi connectivity index (χ2n) is 4.36. The average molecular weight is 365 g/mol. The van der Waals surface area contributed by atoms with Crippen molar-refractivity contribution in [2.45, 2.75) is 13.3 Å². The molecule has 1 heterocycles. The molecule has 2 aromatic rings. The molecule has 0 atom stereocenters. The van der Waals surface area contributed by atoms with Crippen molar-refractivity contribution >= 4 is 63.7 Å². The molecule has 1 aromatic heterocycles. The number of benzene rings is 1. The lowest BCUT2D eigenvalue weighted by Gasteiger charge is -2.12. The summed E-state index contributed by atoms with van der Waals surface area (Å²) >= 11 is 24.2. The minimum Gasteiger partial charge on any atom is -0.369 e. The van der Waals surface area contributed by atoms with Gasteiger partial charge in [0, 0.05) is 22.3 Å². The van der Waals surface area contributed by atoms with Crippen LogP contribution in [0.2, 0.25) is 20.1 Å². The van der Waals surface area contributed by atoms with Crippen LogP contribution in [0.25, 0.3) is 0 Å². The number of pyridine rings is 1. The van der Waals surface area contributed by atoms with Gasteiger partial charge in [0.25, 0.3) is 0 Å². The molecule has 0 fully saturated rings. The van der Waals surface area contributed by atoms with Crippen molar-refractivity contribution in [3.05, 3.63) is 44.4 Å². The number of hydrogen-bond acceptors (Lipinski definition) is 3. The lowest BCUT2D eigenvalue weighted by atomic mass is 10.3. The minimum absolute atomic E-state index is 0.415. The lowest BCUT2D eigenvalue weighted by Crippen LogP contribution is -2.05. The summed E-state index contributed by atoms with van der Waals surface area (Å²) in [6, 6.07) is 6.76. The number of nitrogens with zero attached hydrogens (tertiary/aromatic N) is 1. The maximum Gasteiger partial charge on any atom is 0.151 e. The van der Waals surface area contributed by atoms with Gasteiger partial charge >= 0.3 is 0 Å². The molecule has 3 nitrogen and oxygen atoms in total. The molecule has 0 saturated carbocycles. The lowest BCUT2D eigenvalue weighted by molar-refractivity contribution is 0.970. The highest BCUT2D eigenvalue weighted by atomic mass is 35.5. The molecular weight excluding hydrogens is 352 g/mol. The van der Waals surface area contributed by atoms with Gasteiger partial charge in [-0.1, -0.05) is 53.3 Å². The van der Waals surface area contributed by atoms with Gasteiger partial charge in [0.05, 0.1) is 10.0 Å². The Bertz CT molecular complexity index is 626. The third-order valence-electron chi connectivity index (χ3n) is 2.60. The van der Waals surface area contributed by atoms with Crippen LogP contribution in [-0.2, 0) is 0 Å². The number of anilines is 3. The molecule has 2 N–H and O–H groups in total. The normalized spacial score (nSPS) is 10.5. The highest BCUT2D eigenvalue weighted by Gasteiger charge is 2.10. The molecule has 0 amide bonds. The standard InChI is InChI=1S/C14H13Cl4N3/c1-2-3-19-13-11(17)7-12(18)14(21-13)20-10-5-8(15)4-9(16)6-10/h4-7H,2-3H2,1H3,(H2,19,20,21). The fraction of sp³-hybridized carbons (Fsp3) is 0.214. The Morgan fingerprint density at radius 3 is 2.14 bits per heavy atom. The first-order valence-electron chi connectivity index (χ1n) is 6.32. The van der Waals surface area contributed by atoms with E-state index in [1.54, 1.807) is 24.3 Å². The van der Waals surface area contributed by atoms with Crippen molar-refractivity contribution in [3.63, 3.8) is 0 Å². The van der Waals surface area contributed by atoms with Crippen LogP contribution in [0.3, 0.4) is 0 Å². The third-order valence-corrected chi connectivity index (χ3v) is 3.61.